The van der Waals surface area contributed by atoms with Gasteiger partial charge in [-0.25, -0.2) is 0 Å². The molecule has 1 fully saturated rings. The molecular weight excluding hydrogens is 280 g/mol. The normalized spacial score (nSPS) is 19.7. The lowest BCUT2D eigenvalue weighted by Crippen LogP contribution is -2.43. The zero-order valence-electron chi connectivity index (χ0n) is 13.5. The number of likely N-dealkylation sites (tertiary alicyclic amines) is 1. The van der Waals surface area contributed by atoms with Gasteiger partial charge in [-0.15, -0.1) is 0 Å². The summed E-state index contributed by atoms with van der Waals surface area (Å²) >= 11 is 0. The molecular formula is C17H24N2O3. The van der Waals surface area contributed by atoms with Crippen LogP contribution < -0.4 is 10.1 Å². The van der Waals surface area contributed by atoms with E-state index in [9.17, 15) is 9.59 Å². The Balaban J connectivity index is 1.85. The van der Waals surface area contributed by atoms with Crippen molar-refractivity contribution in [2.24, 2.45) is 0 Å². The van der Waals surface area contributed by atoms with Crippen molar-refractivity contribution in [2.75, 3.05) is 20.1 Å². The van der Waals surface area contributed by atoms with Gasteiger partial charge >= 0.3 is 0 Å². The molecule has 1 heterocycles. The van der Waals surface area contributed by atoms with Crippen molar-refractivity contribution in [3.63, 3.8) is 0 Å². The molecule has 5 nitrogen and oxygen atoms in total. The zero-order chi connectivity index (χ0) is 16.1. The molecule has 1 aliphatic rings. The number of nitrogens with zero attached hydrogens (tertiary/aromatic N) is 1. The Labute approximate surface area is 131 Å². The van der Waals surface area contributed by atoms with Crippen molar-refractivity contribution in [3.05, 3.63) is 29.8 Å². The van der Waals surface area contributed by atoms with Crippen LogP contribution in [0.3, 0.4) is 0 Å². The minimum absolute atomic E-state index is 0.0215. The summed E-state index contributed by atoms with van der Waals surface area (Å²) in [5.41, 5.74) is 0.581. The van der Waals surface area contributed by atoms with Gasteiger partial charge in [0.15, 0.2) is 11.9 Å². The number of carbonyl (C=O) groups excluding carboxylic acids is 2. The van der Waals surface area contributed by atoms with E-state index in [4.69, 9.17) is 4.74 Å². The summed E-state index contributed by atoms with van der Waals surface area (Å²) in [6, 6.07) is 7.31. The molecule has 5 heteroatoms. The third-order valence-corrected chi connectivity index (χ3v) is 4.11. The number of amides is 1. The van der Waals surface area contributed by atoms with Crippen molar-refractivity contribution in [3.8, 4) is 5.75 Å². The van der Waals surface area contributed by atoms with Crippen molar-refractivity contribution < 1.29 is 14.3 Å². The number of likely N-dealkylation sites (N-methyl/N-ethyl adjacent to an activating group) is 1. The number of nitrogens with one attached hydrogen (secondary N) is 1. The molecule has 22 heavy (non-hydrogen) atoms. The second-order valence-electron chi connectivity index (χ2n) is 5.87. The van der Waals surface area contributed by atoms with Gasteiger partial charge in [0.2, 0.25) is 0 Å². The fourth-order valence-electron chi connectivity index (χ4n) is 2.65. The second-order valence-corrected chi connectivity index (χ2v) is 5.87. The van der Waals surface area contributed by atoms with Gasteiger partial charge in [0.25, 0.3) is 5.91 Å². The number of hydrogen-bond donors (Lipinski definition) is 1. The highest BCUT2D eigenvalue weighted by atomic mass is 16.5. The fourth-order valence-corrected chi connectivity index (χ4v) is 2.65. The topological polar surface area (TPSA) is 58.6 Å². The van der Waals surface area contributed by atoms with Crippen LogP contribution in [0, 0.1) is 0 Å². The molecule has 0 saturated carbocycles. The van der Waals surface area contributed by atoms with E-state index in [0.717, 1.165) is 13.0 Å². The van der Waals surface area contributed by atoms with Crippen LogP contribution >= 0.6 is 0 Å². The van der Waals surface area contributed by atoms with E-state index >= 15 is 0 Å². The third-order valence-electron chi connectivity index (χ3n) is 4.11. The number of rotatable bonds is 6. The summed E-state index contributed by atoms with van der Waals surface area (Å²) in [4.78, 5) is 25.7. The van der Waals surface area contributed by atoms with Crippen LogP contribution in [0.15, 0.2) is 24.3 Å². The van der Waals surface area contributed by atoms with Gasteiger partial charge in [-0.3, -0.25) is 9.59 Å². The minimum atomic E-state index is -0.589. The first-order valence-corrected chi connectivity index (χ1v) is 7.73. The summed E-state index contributed by atoms with van der Waals surface area (Å²) in [5.74, 6) is 0.383. The van der Waals surface area contributed by atoms with Gasteiger partial charge in [-0.2, -0.15) is 0 Å². The Kier molecular flexibility index (Phi) is 5.55. The van der Waals surface area contributed by atoms with Crippen LogP contribution in [-0.2, 0) is 4.79 Å². The summed E-state index contributed by atoms with van der Waals surface area (Å²) in [7, 11) is 2.08. The van der Waals surface area contributed by atoms with E-state index in [1.165, 1.54) is 13.3 Å². The largest absolute Gasteiger partial charge is 0.481 e. The van der Waals surface area contributed by atoms with E-state index < -0.39 is 6.10 Å². The summed E-state index contributed by atoms with van der Waals surface area (Å²) < 4.78 is 5.63. The molecule has 120 valence electrons. The molecule has 1 aliphatic heterocycles. The third kappa shape index (κ3) is 4.31. The molecule has 1 aromatic carbocycles. The minimum Gasteiger partial charge on any atom is -0.481 e. The van der Waals surface area contributed by atoms with Crippen molar-refractivity contribution in [2.45, 2.75) is 38.8 Å². The van der Waals surface area contributed by atoms with Gasteiger partial charge in [0, 0.05) is 18.2 Å². The van der Waals surface area contributed by atoms with Crippen LogP contribution in [0.1, 0.15) is 37.0 Å². The van der Waals surface area contributed by atoms with E-state index in [1.807, 2.05) is 0 Å². The van der Waals surface area contributed by atoms with Crippen molar-refractivity contribution in [1.82, 2.24) is 10.2 Å². The molecule has 0 bridgehead atoms. The lowest BCUT2D eigenvalue weighted by atomic mass is 10.1. The Morgan fingerprint density at radius 3 is 2.86 bits per heavy atom. The van der Waals surface area contributed by atoms with Crippen LogP contribution in [0.5, 0.6) is 5.75 Å². The Hall–Kier alpha value is -1.88. The summed E-state index contributed by atoms with van der Waals surface area (Å²) in [6.07, 6.45) is 1.71. The van der Waals surface area contributed by atoms with Crippen molar-refractivity contribution >= 4 is 11.7 Å². The monoisotopic (exact) mass is 304 g/mol. The quantitative estimate of drug-likeness (QED) is 0.815. The SMILES string of the molecule is CC(=O)c1cccc(O[C@H](C)C(=O)NC[C@H]2CCCN2C)c1. The van der Waals surface area contributed by atoms with Gasteiger partial charge in [-0.05, 0) is 52.4 Å². The smallest absolute Gasteiger partial charge is 0.260 e. The molecule has 0 aromatic heterocycles. The molecule has 1 saturated heterocycles. The molecule has 0 spiro atoms. The van der Waals surface area contributed by atoms with E-state index in [-0.39, 0.29) is 11.7 Å². The fraction of sp³-hybridized carbons (Fsp3) is 0.529. The number of benzene rings is 1. The number of ketones is 1. The lowest BCUT2D eigenvalue weighted by molar-refractivity contribution is -0.127. The standard InChI is InChI=1S/C17H24N2O3/c1-12(20)14-6-4-8-16(10-14)22-13(2)17(21)18-11-15-7-5-9-19(15)3/h4,6,8,10,13,15H,5,7,9,11H2,1-3H3,(H,18,21)/t13-,15-/m1/s1. The predicted octanol–water partition coefficient (Wildman–Crippen LogP) is 1.87. The first kappa shape index (κ1) is 16.5. The Bertz CT molecular complexity index is 544. The molecule has 1 aromatic rings. The Morgan fingerprint density at radius 2 is 2.23 bits per heavy atom. The number of Topliss-reactive ketones (excluding diaryl/α,β-unsaturated/α-hetero) is 1. The van der Waals surface area contributed by atoms with Gasteiger partial charge < -0.3 is 15.0 Å². The van der Waals surface area contributed by atoms with E-state index in [0.29, 0.717) is 23.9 Å². The second kappa shape index (κ2) is 7.40. The average Bonchev–Trinajstić information content (AvgIpc) is 2.90. The molecule has 1 amide bonds. The highest BCUT2D eigenvalue weighted by Crippen LogP contribution is 2.16. The maximum atomic E-state index is 12.1. The maximum absolute atomic E-state index is 12.1. The molecule has 0 unspecified atom stereocenters. The van der Waals surface area contributed by atoms with Gasteiger partial charge in [0.05, 0.1) is 0 Å². The summed E-state index contributed by atoms with van der Waals surface area (Å²) in [6.45, 7) is 4.96. The summed E-state index contributed by atoms with van der Waals surface area (Å²) in [5, 5.41) is 2.94. The van der Waals surface area contributed by atoms with Crippen LogP contribution in [0.2, 0.25) is 0 Å². The highest BCUT2D eigenvalue weighted by Gasteiger charge is 2.22. The molecule has 1 N–H and O–H groups in total. The Morgan fingerprint density at radius 1 is 1.45 bits per heavy atom. The van der Waals surface area contributed by atoms with Crippen molar-refractivity contribution in [1.29, 1.82) is 0 Å². The van der Waals surface area contributed by atoms with Gasteiger partial charge in [0.1, 0.15) is 5.75 Å². The van der Waals surface area contributed by atoms with E-state index in [1.54, 1.807) is 31.2 Å². The molecule has 0 radical (unpaired) electrons. The van der Waals surface area contributed by atoms with Gasteiger partial charge in [-0.1, -0.05) is 12.1 Å². The lowest BCUT2D eigenvalue weighted by Gasteiger charge is -2.21. The first-order chi connectivity index (χ1) is 10.5. The van der Waals surface area contributed by atoms with Crippen LogP contribution in [0.4, 0.5) is 0 Å². The van der Waals surface area contributed by atoms with Crippen LogP contribution in [-0.4, -0.2) is 48.9 Å². The van der Waals surface area contributed by atoms with Crippen LogP contribution in [0.25, 0.3) is 0 Å². The number of carbonyl (C=O) groups is 2. The first-order valence-electron chi connectivity index (χ1n) is 7.73. The highest BCUT2D eigenvalue weighted by molar-refractivity contribution is 5.94. The number of hydrogen-bond acceptors (Lipinski definition) is 4. The molecule has 2 atom stereocenters. The molecule has 0 aliphatic carbocycles. The average molecular weight is 304 g/mol. The van der Waals surface area contributed by atoms with E-state index in [2.05, 4.69) is 17.3 Å². The predicted molar refractivity (Wildman–Crippen MR) is 85.2 cm³/mol. The zero-order valence-corrected chi connectivity index (χ0v) is 13.5. The molecule has 2 rings (SSSR count). The number of ether oxygens (including phenoxy) is 1. The maximum Gasteiger partial charge on any atom is 0.260 e.